The van der Waals surface area contributed by atoms with Gasteiger partial charge >= 0.3 is 0 Å². The van der Waals surface area contributed by atoms with Gasteiger partial charge in [-0.05, 0) is 18.1 Å². The number of aryl methyl sites for hydroxylation is 1. The Labute approximate surface area is 166 Å². The van der Waals surface area contributed by atoms with Crippen LogP contribution in [0.3, 0.4) is 0 Å². The minimum atomic E-state index is 0.0124. The Hall–Kier alpha value is -3.78. The topological polar surface area (TPSA) is 108 Å². The molecule has 0 radical (unpaired) electrons. The monoisotopic (exact) mass is 385 g/mol. The van der Waals surface area contributed by atoms with Crippen LogP contribution in [0.2, 0.25) is 0 Å². The van der Waals surface area contributed by atoms with E-state index in [0.29, 0.717) is 6.54 Å². The van der Waals surface area contributed by atoms with Crippen LogP contribution < -0.4 is 0 Å². The molecular formula is C21H19N7O. The maximum absolute atomic E-state index is 9.54. The summed E-state index contributed by atoms with van der Waals surface area (Å²) < 4.78 is 1.86. The summed E-state index contributed by atoms with van der Waals surface area (Å²) in [5.74, 6) is 0. The average molecular weight is 385 g/mol. The SMILES string of the molecule is Cc1[nH]ncc1-c1cnc2[nH]cc(-c3cnn(Cc4ccccc4CO)c3)c2n1. The molecule has 0 atom stereocenters. The highest BCUT2D eigenvalue weighted by Crippen LogP contribution is 2.28. The van der Waals surface area contributed by atoms with Crippen molar-refractivity contribution in [1.82, 2.24) is 34.9 Å². The lowest BCUT2D eigenvalue weighted by molar-refractivity contribution is 0.280. The Bertz CT molecular complexity index is 1300. The molecule has 0 saturated carbocycles. The van der Waals surface area contributed by atoms with E-state index in [0.717, 1.165) is 50.4 Å². The third kappa shape index (κ3) is 3.09. The first-order chi connectivity index (χ1) is 14.2. The molecule has 0 aliphatic heterocycles. The van der Waals surface area contributed by atoms with Gasteiger partial charge in [0.15, 0.2) is 5.65 Å². The number of benzene rings is 1. The minimum absolute atomic E-state index is 0.0124. The molecule has 8 heteroatoms. The number of aliphatic hydroxyl groups is 1. The van der Waals surface area contributed by atoms with Gasteiger partial charge in [0, 0.05) is 34.8 Å². The predicted molar refractivity (Wildman–Crippen MR) is 109 cm³/mol. The Kier molecular flexibility index (Phi) is 4.18. The van der Waals surface area contributed by atoms with Crippen LogP contribution in [0.15, 0.2) is 55.2 Å². The number of aliphatic hydroxyl groups excluding tert-OH is 1. The lowest BCUT2D eigenvalue weighted by Crippen LogP contribution is -2.03. The molecule has 144 valence electrons. The van der Waals surface area contributed by atoms with E-state index in [2.05, 4.69) is 25.3 Å². The van der Waals surface area contributed by atoms with Gasteiger partial charge in [0.05, 0.1) is 37.4 Å². The van der Waals surface area contributed by atoms with Gasteiger partial charge in [-0.15, -0.1) is 0 Å². The van der Waals surface area contributed by atoms with Crippen molar-refractivity contribution in [2.45, 2.75) is 20.1 Å². The number of aromatic nitrogens is 7. The Morgan fingerprint density at radius 1 is 1.07 bits per heavy atom. The van der Waals surface area contributed by atoms with E-state index in [-0.39, 0.29) is 6.61 Å². The van der Waals surface area contributed by atoms with Crippen molar-refractivity contribution in [2.75, 3.05) is 0 Å². The second kappa shape index (κ2) is 6.99. The summed E-state index contributed by atoms with van der Waals surface area (Å²) in [4.78, 5) is 12.5. The predicted octanol–water partition coefficient (Wildman–Crippen LogP) is 3.06. The molecule has 29 heavy (non-hydrogen) atoms. The van der Waals surface area contributed by atoms with Crippen molar-refractivity contribution >= 4 is 11.2 Å². The lowest BCUT2D eigenvalue weighted by Gasteiger charge is -2.06. The normalized spacial score (nSPS) is 11.4. The number of hydrogen-bond donors (Lipinski definition) is 3. The fourth-order valence-corrected chi connectivity index (χ4v) is 3.48. The smallest absolute Gasteiger partial charge is 0.156 e. The van der Waals surface area contributed by atoms with Crippen LogP contribution in [-0.2, 0) is 13.2 Å². The largest absolute Gasteiger partial charge is 0.392 e. The summed E-state index contributed by atoms with van der Waals surface area (Å²) in [5.41, 5.74) is 8.01. The Morgan fingerprint density at radius 2 is 1.93 bits per heavy atom. The molecule has 0 spiro atoms. The van der Waals surface area contributed by atoms with Gasteiger partial charge in [0.25, 0.3) is 0 Å². The molecule has 0 amide bonds. The van der Waals surface area contributed by atoms with E-state index in [9.17, 15) is 5.11 Å². The fraction of sp³-hybridized carbons (Fsp3) is 0.143. The second-order valence-corrected chi connectivity index (χ2v) is 6.92. The van der Waals surface area contributed by atoms with Crippen molar-refractivity contribution in [3.8, 4) is 22.4 Å². The van der Waals surface area contributed by atoms with Crippen molar-refractivity contribution in [3.05, 3.63) is 72.1 Å². The molecule has 0 unspecified atom stereocenters. The molecule has 0 fully saturated rings. The summed E-state index contributed by atoms with van der Waals surface area (Å²) in [5, 5.41) is 21.0. The Balaban J connectivity index is 1.51. The molecule has 8 nitrogen and oxygen atoms in total. The molecule has 0 aliphatic carbocycles. The van der Waals surface area contributed by atoms with Gasteiger partial charge < -0.3 is 10.1 Å². The average Bonchev–Trinajstić information content (AvgIpc) is 3.47. The third-order valence-electron chi connectivity index (χ3n) is 5.05. The molecule has 5 aromatic rings. The van der Waals surface area contributed by atoms with Gasteiger partial charge in [0.2, 0.25) is 0 Å². The van der Waals surface area contributed by atoms with E-state index < -0.39 is 0 Å². The zero-order valence-corrected chi connectivity index (χ0v) is 15.8. The van der Waals surface area contributed by atoms with Crippen molar-refractivity contribution in [1.29, 1.82) is 0 Å². The number of aromatic amines is 2. The van der Waals surface area contributed by atoms with Crippen LogP contribution in [-0.4, -0.2) is 40.0 Å². The van der Waals surface area contributed by atoms with Gasteiger partial charge in [-0.2, -0.15) is 10.2 Å². The van der Waals surface area contributed by atoms with Crippen LogP contribution in [0.25, 0.3) is 33.5 Å². The standard InChI is InChI=1S/C21H19N7O/c1-13-17(8-24-27-13)19-9-23-21-20(26-19)18(7-22-21)16-6-25-28(11-16)10-14-4-2-3-5-15(14)12-29/h2-9,11,29H,10,12H2,1H3,(H,22,23)(H,24,27). The van der Waals surface area contributed by atoms with Gasteiger partial charge in [-0.25, -0.2) is 9.97 Å². The summed E-state index contributed by atoms with van der Waals surface area (Å²) in [7, 11) is 0. The molecule has 0 saturated heterocycles. The highest BCUT2D eigenvalue weighted by Gasteiger charge is 2.14. The van der Waals surface area contributed by atoms with E-state index in [1.165, 1.54) is 0 Å². The van der Waals surface area contributed by atoms with Crippen molar-refractivity contribution in [3.63, 3.8) is 0 Å². The zero-order valence-electron chi connectivity index (χ0n) is 15.8. The molecule has 5 rings (SSSR count). The first-order valence-corrected chi connectivity index (χ1v) is 9.28. The van der Waals surface area contributed by atoms with E-state index >= 15 is 0 Å². The van der Waals surface area contributed by atoms with E-state index in [1.807, 2.05) is 54.5 Å². The quantitative estimate of drug-likeness (QED) is 0.431. The highest BCUT2D eigenvalue weighted by molar-refractivity contribution is 5.91. The third-order valence-corrected chi connectivity index (χ3v) is 5.05. The van der Waals surface area contributed by atoms with Crippen molar-refractivity contribution in [2.24, 2.45) is 0 Å². The molecule has 0 bridgehead atoms. The number of rotatable bonds is 5. The first-order valence-electron chi connectivity index (χ1n) is 9.28. The van der Waals surface area contributed by atoms with Gasteiger partial charge in [-0.3, -0.25) is 9.78 Å². The maximum atomic E-state index is 9.54. The number of hydrogen-bond acceptors (Lipinski definition) is 5. The van der Waals surface area contributed by atoms with Crippen LogP contribution in [0, 0.1) is 6.92 Å². The molecule has 0 aliphatic rings. The number of nitrogens with zero attached hydrogens (tertiary/aromatic N) is 5. The molecule has 4 heterocycles. The molecule has 4 aromatic heterocycles. The van der Waals surface area contributed by atoms with E-state index in [1.54, 1.807) is 12.4 Å². The number of H-pyrrole nitrogens is 2. The van der Waals surface area contributed by atoms with Gasteiger partial charge in [-0.1, -0.05) is 24.3 Å². The number of fused-ring (bicyclic) bond motifs is 1. The van der Waals surface area contributed by atoms with Gasteiger partial charge in [0.1, 0.15) is 5.52 Å². The van der Waals surface area contributed by atoms with E-state index in [4.69, 9.17) is 4.98 Å². The second-order valence-electron chi connectivity index (χ2n) is 6.92. The Morgan fingerprint density at radius 3 is 2.72 bits per heavy atom. The zero-order chi connectivity index (χ0) is 19.8. The minimum Gasteiger partial charge on any atom is -0.392 e. The lowest BCUT2D eigenvalue weighted by atomic mass is 10.1. The summed E-state index contributed by atoms with van der Waals surface area (Å²) in [6.45, 7) is 2.56. The van der Waals surface area contributed by atoms with Crippen LogP contribution in [0.1, 0.15) is 16.8 Å². The molecule has 1 aromatic carbocycles. The fourth-order valence-electron chi connectivity index (χ4n) is 3.48. The first kappa shape index (κ1) is 17.3. The highest BCUT2D eigenvalue weighted by atomic mass is 16.3. The van der Waals surface area contributed by atoms with Crippen LogP contribution in [0.4, 0.5) is 0 Å². The maximum Gasteiger partial charge on any atom is 0.156 e. The van der Waals surface area contributed by atoms with Crippen LogP contribution >= 0.6 is 0 Å². The molecular weight excluding hydrogens is 366 g/mol. The summed E-state index contributed by atoms with van der Waals surface area (Å²) in [6, 6.07) is 7.82. The summed E-state index contributed by atoms with van der Waals surface area (Å²) >= 11 is 0. The molecule has 3 N–H and O–H groups in total. The summed E-state index contributed by atoms with van der Waals surface area (Å²) in [6.07, 6.45) is 9.21. The number of nitrogens with one attached hydrogen (secondary N) is 2. The van der Waals surface area contributed by atoms with Crippen molar-refractivity contribution < 1.29 is 5.11 Å². The van der Waals surface area contributed by atoms with Crippen LogP contribution in [0.5, 0.6) is 0 Å².